The van der Waals surface area contributed by atoms with Crippen LogP contribution < -0.4 is 5.43 Å². The number of hydrogen-bond acceptors (Lipinski definition) is 3. The van der Waals surface area contributed by atoms with E-state index in [2.05, 4.69) is 10.5 Å². The van der Waals surface area contributed by atoms with Crippen molar-refractivity contribution in [2.24, 2.45) is 5.10 Å². The molecule has 1 aliphatic heterocycles. The molecule has 7 heteroatoms. The molecule has 0 aromatic rings. The second kappa shape index (κ2) is 2.81. The molecule has 0 saturated carbocycles. The fraction of sp³-hybridized carbons (Fsp3) is 0.667. The summed E-state index contributed by atoms with van der Waals surface area (Å²) in [6.45, 7) is 0. The molecule has 3 nitrogen and oxygen atoms in total. The number of halogens is 4. The molecule has 0 radical (unpaired) electrons. The van der Waals surface area contributed by atoms with Gasteiger partial charge in [-0.1, -0.05) is 46.4 Å². The van der Waals surface area contributed by atoms with Crippen LogP contribution in [-0.2, 0) is 0 Å². The highest BCUT2D eigenvalue weighted by Gasteiger charge is 2.34. The van der Waals surface area contributed by atoms with Crippen LogP contribution in [0.3, 0.4) is 0 Å². The van der Waals surface area contributed by atoms with Crippen LogP contribution in [-0.4, -0.2) is 20.8 Å². The average Bonchev–Trinajstić information content (AvgIpc) is 2.11. The first kappa shape index (κ1) is 8.53. The summed E-state index contributed by atoms with van der Waals surface area (Å²) in [4.78, 5) is 1.25. The lowest BCUT2D eigenvalue weighted by atomic mass is 10.9. The monoisotopic (exact) mass is 221 g/mol. The maximum absolute atomic E-state index is 5.60. The normalized spacial score (nSPS) is 25.2. The lowest BCUT2D eigenvalue weighted by Crippen LogP contribution is -2.40. The van der Waals surface area contributed by atoms with Crippen molar-refractivity contribution in [3.8, 4) is 0 Å². The van der Waals surface area contributed by atoms with Gasteiger partial charge in [0, 0.05) is 0 Å². The summed E-state index contributed by atoms with van der Waals surface area (Å²) in [5, 5.41) is 3.58. The number of nitrogens with zero attached hydrogens (tertiary/aromatic N) is 2. The zero-order chi connectivity index (χ0) is 7.78. The predicted octanol–water partition coefficient (Wildman–Crippen LogP) is 1.69. The quantitative estimate of drug-likeness (QED) is 0.499. The van der Waals surface area contributed by atoms with Gasteiger partial charge in [-0.25, -0.2) is 0 Å². The average molecular weight is 223 g/mol. The smallest absolute Gasteiger partial charge is 0.271 e. The molecule has 0 saturated heterocycles. The first-order valence-electron chi connectivity index (χ1n) is 2.30. The first-order valence-corrected chi connectivity index (χ1v) is 3.87. The van der Waals surface area contributed by atoms with Gasteiger partial charge in [-0.3, -0.25) is 10.3 Å². The first-order chi connectivity index (χ1) is 4.52. The third-order valence-electron chi connectivity index (χ3n) is 0.900. The Morgan fingerprint density at radius 3 is 2.30 bits per heavy atom. The molecule has 0 fully saturated rings. The summed E-state index contributed by atoms with van der Waals surface area (Å²) in [5.41, 5.74) is 1.89. The molecule has 1 aliphatic rings. The highest BCUT2D eigenvalue weighted by atomic mass is 35.6. The van der Waals surface area contributed by atoms with Gasteiger partial charge in [0.15, 0.2) is 5.62 Å². The van der Waals surface area contributed by atoms with Crippen LogP contribution in [0, 0.1) is 0 Å². The SMILES string of the molecule is ClC1NN=CN1C(Cl)(Cl)Cl. The molecule has 1 heterocycles. The van der Waals surface area contributed by atoms with E-state index < -0.39 is 9.54 Å². The number of hydrogen-bond donors (Lipinski definition) is 1. The van der Waals surface area contributed by atoms with Gasteiger partial charge in [-0.05, 0) is 0 Å². The van der Waals surface area contributed by atoms with Gasteiger partial charge < -0.3 is 0 Å². The molecule has 10 heavy (non-hydrogen) atoms. The largest absolute Gasteiger partial charge is 0.281 e. The van der Waals surface area contributed by atoms with Crippen LogP contribution in [0.4, 0.5) is 0 Å². The maximum Gasteiger partial charge on any atom is 0.271 e. The van der Waals surface area contributed by atoms with E-state index in [1.54, 1.807) is 0 Å². The van der Waals surface area contributed by atoms with Crippen LogP contribution in [0.1, 0.15) is 0 Å². The Kier molecular flexibility index (Phi) is 2.40. The van der Waals surface area contributed by atoms with Crippen molar-refractivity contribution in [3.05, 3.63) is 0 Å². The Balaban J connectivity index is 2.64. The highest BCUT2D eigenvalue weighted by Crippen LogP contribution is 2.32. The van der Waals surface area contributed by atoms with Crippen LogP contribution >= 0.6 is 46.4 Å². The number of rotatable bonds is 0. The Morgan fingerprint density at radius 2 is 2.10 bits per heavy atom. The van der Waals surface area contributed by atoms with Crippen LogP contribution in [0.5, 0.6) is 0 Å². The topological polar surface area (TPSA) is 27.6 Å². The number of hydrazone groups is 1. The third kappa shape index (κ3) is 1.72. The van der Waals surface area contributed by atoms with Crippen LogP contribution in [0.25, 0.3) is 0 Å². The molecule has 0 bridgehead atoms. The standard InChI is InChI=1S/C3H3Cl4N3/c4-2-9-8-1-10(2)3(5,6)7/h1-2,9H. The Labute approximate surface area is 77.9 Å². The van der Waals surface area contributed by atoms with E-state index >= 15 is 0 Å². The van der Waals surface area contributed by atoms with Gasteiger partial charge in [-0.15, -0.1) is 0 Å². The zero-order valence-electron chi connectivity index (χ0n) is 4.56. The van der Waals surface area contributed by atoms with E-state index in [4.69, 9.17) is 46.4 Å². The molecule has 0 spiro atoms. The van der Waals surface area contributed by atoms with E-state index in [-0.39, 0.29) is 0 Å². The van der Waals surface area contributed by atoms with Crippen molar-refractivity contribution in [1.29, 1.82) is 0 Å². The van der Waals surface area contributed by atoms with Gasteiger partial charge in [0.1, 0.15) is 6.34 Å². The molecule has 0 aromatic heterocycles. The molecular formula is C3H3Cl4N3. The molecule has 1 unspecified atom stereocenters. The fourth-order valence-electron chi connectivity index (χ4n) is 0.472. The summed E-state index contributed by atoms with van der Waals surface area (Å²) < 4.78 is -1.54. The van der Waals surface area contributed by atoms with E-state index in [9.17, 15) is 0 Å². The molecule has 0 aliphatic carbocycles. The summed E-state index contributed by atoms with van der Waals surface area (Å²) in [5.74, 6) is 0. The lowest BCUT2D eigenvalue weighted by Gasteiger charge is -2.25. The van der Waals surface area contributed by atoms with Crippen molar-refractivity contribution < 1.29 is 0 Å². The van der Waals surface area contributed by atoms with Crippen molar-refractivity contribution in [3.63, 3.8) is 0 Å². The molecule has 1 N–H and O–H groups in total. The maximum atomic E-state index is 5.60. The molecule has 1 rings (SSSR count). The minimum Gasteiger partial charge on any atom is -0.281 e. The predicted molar refractivity (Wildman–Crippen MR) is 43.4 cm³/mol. The fourth-order valence-corrected chi connectivity index (χ4v) is 1.30. The van der Waals surface area contributed by atoms with Gasteiger partial charge >= 0.3 is 0 Å². The van der Waals surface area contributed by atoms with Crippen LogP contribution in [0.2, 0.25) is 0 Å². The molecule has 58 valence electrons. The summed E-state index contributed by atoms with van der Waals surface area (Å²) in [7, 11) is 0. The van der Waals surface area contributed by atoms with Crippen LogP contribution in [0.15, 0.2) is 5.10 Å². The van der Waals surface area contributed by atoms with E-state index in [0.717, 1.165) is 0 Å². The molecule has 1 atom stereocenters. The minimum absolute atomic E-state index is 0.590. The third-order valence-corrected chi connectivity index (χ3v) is 1.79. The van der Waals surface area contributed by atoms with Crippen molar-refractivity contribution >= 4 is 52.7 Å². The highest BCUT2D eigenvalue weighted by molar-refractivity contribution is 6.67. The van der Waals surface area contributed by atoms with Gasteiger partial charge in [0.05, 0.1) is 0 Å². The van der Waals surface area contributed by atoms with Gasteiger partial charge in [-0.2, -0.15) is 5.10 Å². The molecular weight excluding hydrogens is 220 g/mol. The zero-order valence-corrected chi connectivity index (χ0v) is 7.58. The second-order valence-electron chi connectivity index (χ2n) is 1.58. The summed E-state index contributed by atoms with van der Waals surface area (Å²) in [6, 6.07) is 0. The van der Waals surface area contributed by atoms with E-state index in [0.29, 0.717) is 0 Å². The van der Waals surface area contributed by atoms with Crippen molar-refractivity contribution in [2.75, 3.05) is 0 Å². The second-order valence-corrected chi connectivity index (χ2v) is 4.22. The Morgan fingerprint density at radius 1 is 1.50 bits per heavy atom. The van der Waals surface area contributed by atoms with E-state index in [1.807, 2.05) is 0 Å². The van der Waals surface area contributed by atoms with Crippen molar-refractivity contribution in [2.45, 2.75) is 9.54 Å². The Bertz CT molecular complexity index is 152. The Hall–Kier alpha value is 0.430. The molecule has 0 amide bonds. The molecule has 0 aromatic carbocycles. The number of nitrogens with one attached hydrogen (secondary N) is 1. The van der Waals surface area contributed by atoms with E-state index in [1.165, 1.54) is 11.2 Å². The minimum atomic E-state index is -1.54. The van der Waals surface area contributed by atoms with Gasteiger partial charge in [0.2, 0.25) is 0 Å². The van der Waals surface area contributed by atoms with Gasteiger partial charge in [0.25, 0.3) is 3.92 Å². The van der Waals surface area contributed by atoms with Crippen molar-refractivity contribution in [1.82, 2.24) is 10.3 Å². The lowest BCUT2D eigenvalue weighted by molar-refractivity contribution is 0.398. The number of alkyl halides is 4. The summed E-state index contributed by atoms with van der Waals surface area (Å²) in [6.07, 6.45) is 1.32. The summed E-state index contributed by atoms with van der Waals surface area (Å²) >= 11 is 22.0.